The Morgan fingerprint density at radius 2 is 1.68 bits per heavy atom. The smallest absolute Gasteiger partial charge is 0.332 e. The van der Waals surface area contributed by atoms with E-state index < -0.39 is 12.1 Å². The average Bonchev–Trinajstić information content (AvgIpc) is 2.79. The molecule has 3 atom stereocenters. The van der Waals surface area contributed by atoms with Gasteiger partial charge in [-0.3, -0.25) is 0 Å². The van der Waals surface area contributed by atoms with Crippen molar-refractivity contribution in [2.45, 2.75) is 70.1 Å². The molecule has 0 aliphatic heterocycles. The highest BCUT2D eigenvalue weighted by Gasteiger charge is 2.27. The Labute approximate surface area is 185 Å². The van der Waals surface area contributed by atoms with Crippen molar-refractivity contribution in [3.8, 4) is 5.75 Å². The fourth-order valence-corrected chi connectivity index (χ4v) is 4.56. The van der Waals surface area contributed by atoms with Crippen molar-refractivity contribution in [1.29, 1.82) is 0 Å². The minimum Gasteiger partial charge on any atom is -0.489 e. The number of rotatable bonds is 11. The average molecular weight is 426 g/mol. The molecule has 1 fully saturated rings. The summed E-state index contributed by atoms with van der Waals surface area (Å²) in [6, 6.07) is 17.8. The van der Waals surface area contributed by atoms with E-state index >= 15 is 0 Å². The molecule has 0 amide bonds. The van der Waals surface area contributed by atoms with E-state index in [0.717, 1.165) is 23.3 Å². The molecular weight excluding hydrogens is 390 g/mol. The number of carboxylic acids is 1. The van der Waals surface area contributed by atoms with Gasteiger partial charge in [0.25, 0.3) is 0 Å². The van der Waals surface area contributed by atoms with Crippen LogP contribution >= 0.6 is 0 Å². The number of carboxylic acid groups (broad SMARTS) is 1. The van der Waals surface area contributed by atoms with E-state index in [4.69, 9.17) is 10.5 Å². The van der Waals surface area contributed by atoms with E-state index in [-0.39, 0.29) is 18.4 Å². The van der Waals surface area contributed by atoms with Gasteiger partial charge in [-0.2, -0.15) is 0 Å². The van der Waals surface area contributed by atoms with Crippen molar-refractivity contribution in [2.75, 3.05) is 0 Å². The lowest BCUT2D eigenvalue weighted by Crippen LogP contribution is -2.37. The molecule has 0 spiro atoms. The Morgan fingerprint density at radius 3 is 2.32 bits per heavy atom. The van der Waals surface area contributed by atoms with Crippen LogP contribution in [-0.4, -0.2) is 28.3 Å². The first-order chi connectivity index (χ1) is 15.0. The largest absolute Gasteiger partial charge is 0.489 e. The topological polar surface area (TPSA) is 92.8 Å². The molecule has 0 saturated heterocycles. The number of aliphatic hydroxyl groups excluding tert-OH is 1. The molecule has 2 aromatic rings. The zero-order chi connectivity index (χ0) is 22.1. The van der Waals surface area contributed by atoms with Crippen LogP contribution in [0, 0.1) is 11.8 Å². The van der Waals surface area contributed by atoms with Crippen LogP contribution in [-0.2, 0) is 17.8 Å². The fraction of sp³-hybridized carbons (Fsp3) is 0.500. The monoisotopic (exact) mass is 425 g/mol. The lowest BCUT2D eigenvalue weighted by atomic mass is 9.79. The van der Waals surface area contributed by atoms with E-state index in [1.807, 2.05) is 54.6 Å². The van der Waals surface area contributed by atoms with Crippen LogP contribution in [0.25, 0.3) is 0 Å². The molecule has 1 aliphatic rings. The van der Waals surface area contributed by atoms with Crippen LogP contribution in [0.1, 0.15) is 56.1 Å². The van der Waals surface area contributed by atoms with Crippen molar-refractivity contribution in [1.82, 2.24) is 0 Å². The summed E-state index contributed by atoms with van der Waals surface area (Å²) in [5, 5.41) is 19.2. The molecule has 4 N–H and O–H groups in total. The molecule has 168 valence electrons. The Morgan fingerprint density at radius 1 is 1.00 bits per heavy atom. The lowest BCUT2D eigenvalue weighted by molar-refractivity contribution is -0.147. The maximum Gasteiger partial charge on any atom is 0.332 e. The van der Waals surface area contributed by atoms with Gasteiger partial charge in [-0.15, -0.1) is 0 Å². The highest BCUT2D eigenvalue weighted by Crippen LogP contribution is 2.30. The standard InChI is InChI=1S/C26H35NO4/c27-24(16-19-7-3-1-4-8-19)22(17-25(28)26(29)30)15-20-11-13-23(14-12-20)31-18-21-9-5-2-6-10-21/h2,5-6,9-14,19,22,24-25,28H,1,3-4,7-8,15-18,27H2,(H,29,30)/t22-,24-,25+/m0/s1. The molecule has 0 heterocycles. The Hall–Kier alpha value is -2.37. The summed E-state index contributed by atoms with van der Waals surface area (Å²) in [5.41, 5.74) is 8.75. The van der Waals surface area contributed by atoms with Gasteiger partial charge >= 0.3 is 5.97 Å². The highest BCUT2D eigenvalue weighted by molar-refractivity contribution is 5.71. The Bertz CT molecular complexity index is 787. The Kier molecular flexibility index (Phi) is 8.92. The van der Waals surface area contributed by atoms with E-state index in [9.17, 15) is 15.0 Å². The first-order valence-electron chi connectivity index (χ1n) is 11.4. The zero-order valence-electron chi connectivity index (χ0n) is 18.2. The summed E-state index contributed by atoms with van der Waals surface area (Å²) in [5.74, 6) is 0.145. The molecule has 1 saturated carbocycles. The fourth-order valence-electron chi connectivity index (χ4n) is 4.56. The van der Waals surface area contributed by atoms with Gasteiger partial charge in [0.05, 0.1) is 0 Å². The number of ether oxygens (including phenoxy) is 1. The SMILES string of the molecule is N[C@@H](CC1CCCCC1)[C@@H](Cc1ccc(OCc2ccccc2)cc1)C[C@@H](O)C(=O)O. The quantitative estimate of drug-likeness (QED) is 0.491. The second-order valence-corrected chi connectivity index (χ2v) is 8.88. The number of aliphatic hydroxyl groups is 1. The molecule has 0 bridgehead atoms. The summed E-state index contributed by atoms with van der Waals surface area (Å²) in [7, 11) is 0. The minimum atomic E-state index is -1.38. The number of nitrogens with two attached hydrogens (primary N) is 1. The summed E-state index contributed by atoms with van der Waals surface area (Å²) < 4.78 is 5.85. The minimum absolute atomic E-state index is 0.0795. The van der Waals surface area contributed by atoms with Gasteiger partial charge in [-0.1, -0.05) is 74.6 Å². The van der Waals surface area contributed by atoms with E-state index in [1.165, 1.54) is 32.1 Å². The predicted molar refractivity (Wildman–Crippen MR) is 122 cm³/mol. The van der Waals surface area contributed by atoms with Crippen LogP contribution in [0.15, 0.2) is 54.6 Å². The second-order valence-electron chi connectivity index (χ2n) is 8.88. The number of hydrogen-bond acceptors (Lipinski definition) is 4. The molecule has 5 nitrogen and oxygen atoms in total. The first-order valence-corrected chi connectivity index (χ1v) is 11.4. The van der Waals surface area contributed by atoms with Gasteiger partial charge in [0.2, 0.25) is 0 Å². The number of hydrogen-bond donors (Lipinski definition) is 3. The van der Waals surface area contributed by atoms with Gasteiger partial charge in [-0.25, -0.2) is 4.79 Å². The maximum atomic E-state index is 11.2. The van der Waals surface area contributed by atoms with Crippen molar-refractivity contribution in [3.05, 3.63) is 65.7 Å². The molecule has 2 aromatic carbocycles. The van der Waals surface area contributed by atoms with Crippen LogP contribution < -0.4 is 10.5 Å². The van der Waals surface area contributed by atoms with Crippen molar-refractivity contribution in [3.63, 3.8) is 0 Å². The molecule has 5 heteroatoms. The summed E-state index contributed by atoms with van der Waals surface area (Å²) in [6.07, 6.45) is 6.56. The van der Waals surface area contributed by atoms with E-state index in [2.05, 4.69) is 0 Å². The zero-order valence-corrected chi connectivity index (χ0v) is 18.2. The van der Waals surface area contributed by atoms with Crippen LogP contribution in [0.5, 0.6) is 5.75 Å². The molecule has 0 radical (unpaired) electrons. The van der Waals surface area contributed by atoms with Crippen molar-refractivity contribution < 1.29 is 19.7 Å². The number of benzene rings is 2. The van der Waals surface area contributed by atoms with Gasteiger partial charge in [-0.05, 0) is 54.4 Å². The summed E-state index contributed by atoms with van der Waals surface area (Å²) in [4.78, 5) is 11.2. The van der Waals surface area contributed by atoms with E-state index in [1.54, 1.807) is 0 Å². The Balaban J connectivity index is 1.59. The van der Waals surface area contributed by atoms with E-state index in [0.29, 0.717) is 18.9 Å². The van der Waals surface area contributed by atoms with Crippen molar-refractivity contribution in [2.24, 2.45) is 17.6 Å². The third-order valence-electron chi connectivity index (χ3n) is 6.42. The molecule has 31 heavy (non-hydrogen) atoms. The molecule has 0 unspecified atom stereocenters. The predicted octanol–water partition coefficient (Wildman–Crippen LogP) is 4.56. The molecule has 0 aromatic heterocycles. The normalized spacial score (nSPS) is 17.6. The summed E-state index contributed by atoms with van der Waals surface area (Å²) in [6.45, 7) is 0.514. The van der Waals surface area contributed by atoms with Gasteiger partial charge in [0.15, 0.2) is 6.10 Å². The molecule has 1 aliphatic carbocycles. The summed E-state index contributed by atoms with van der Waals surface area (Å²) >= 11 is 0. The molecule has 3 rings (SSSR count). The van der Waals surface area contributed by atoms with Gasteiger partial charge in [0.1, 0.15) is 12.4 Å². The second kappa shape index (κ2) is 11.9. The lowest BCUT2D eigenvalue weighted by Gasteiger charge is -2.30. The number of carbonyl (C=O) groups is 1. The maximum absolute atomic E-state index is 11.2. The molecular formula is C26H35NO4. The van der Waals surface area contributed by atoms with Crippen LogP contribution in [0.3, 0.4) is 0 Å². The van der Waals surface area contributed by atoms with Crippen LogP contribution in [0.2, 0.25) is 0 Å². The highest BCUT2D eigenvalue weighted by atomic mass is 16.5. The third kappa shape index (κ3) is 7.67. The first kappa shape index (κ1) is 23.3. The van der Waals surface area contributed by atoms with Crippen molar-refractivity contribution >= 4 is 5.97 Å². The van der Waals surface area contributed by atoms with Gasteiger partial charge < -0.3 is 20.7 Å². The third-order valence-corrected chi connectivity index (χ3v) is 6.42. The number of aliphatic carboxylic acids is 1. The van der Waals surface area contributed by atoms with Crippen LogP contribution in [0.4, 0.5) is 0 Å². The van der Waals surface area contributed by atoms with Gasteiger partial charge in [0, 0.05) is 6.04 Å².